The summed E-state index contributed by atoms with van der Waals surface area (Å²) in [6.45, 7) is 0. The fraction of sp³-hybridized carbons (Fsp3) is 0.818. The Labute approximate surface area is 156 Å². The lowest BCUT2D eigenvalue weighted by molar-refractivity contribution is -0.378. The Kier molecular flexibility index (Phi) is 5.66. The fourth-order valence-corrected chi connectivity index (χ4v) is 2.72. The van der Waals surface area contributed by atoms with E-state index in [0.29, 0.717) is 15.9 Å². The molecule has 0 aromatic rings. The van der Waals surface area contributed by atoms with Crippen LogP contribution in [0, 0.1) is 0 Å². The van der Waals surface area contributed by atoms with E-state index in [-0.39, 0.29) is 0 Å². The summed E-state index contributed by atoms with van der Waals surface area (Å²) in [5.74, 6) is -40.6. The van der Waals surface area contributed by atoms with E-state index in [4.69, 9.17) is 0 Å². The molecule has 0 saturated heterocycles. The van der Waals surface area contributed by atoms with Crippen LogP contribution in [0.25, 0.3) is 0 Å². The predicted octanol–water partition coefficient (Wildman–Crippen LogP) is 6.34. The molecule has 0 spiro atoms. The first-order valence-corrected chi connectivity index (χ1v) is 7.12. The molecule has 18 heteroatoms. The quantitative estimate of drug-likeness (QED) is 0.303. The number of alkyl halides is 16. The lowest BCUT2D eigenvalue weighted by Gasteiger charge is -2.51. The zero-order valence-corrected chi connectivity index (χ0v) is 14.4. The van der Waals surface area contributed by atoms with Gasteiger partial charge >= 0.3 is 41.9 Å². The summed E-state index contributed by atoms with van der Waals surface area (Å²) < 4.78 is 209. The maximum Gasteiger partial charge on any atom is 0.460 e. The maximum absolute atomic E-state index is 14.5. The minimum atomic E-state index is -7.70. The van der Waals surface area contributed by atoms with Gasteiger partial charge in [0.1, 0.15) is 5.57 Å². The number of allylic oxidation sites excluding steroid dienone is 1. The zero-order valence-electron chi connectivity index (χ0n) is 12.8. The Bertz CT molecular complexity index is 705. The van der Waals surface area contributed by atoms with Crippen molar-refractivity contribution >= 4 is 15.9 Å². The second kappa shape index (κ2) is 6.29. The average molecular weight is 535 g/mol. The first kappa shape index (κ1) is 26.1. The minimum absolute atomic E-state index is 0.587. The lowest BCUT2D eigenvalue weighted by Crippen LogP contribution is -2.77. The molecular formula is C11H3BrF16O. The Morgan fingerprint density at radius 2 is 1.17 bits per heavy atom. The third-order valence-corrected chi connectivity index (χ3v) is 5.27. The van der Waals surface area contributed by atoms with Gasteiger partial charge in [-0.15, -0.1) is 0 Å². The highest BCUT2D eigenvalue weighted by Gasteiger charge is 2.94. The van der Waals surface area contributed by atoms with Crippen LogP contribution in [0.4, 0.5) is 70.2 Å². The van der Waals surface area contributed by atoms with Crippen molar-refractivity contribution in [2.45, 2.75) is 46.2 Å². The van der Waals surface area contributed by atoms with E-state index in [1.165, 1.54) is 0 Å². The highest BCUT2D eigenvalue weighted by atomic mass is 79.9. The number of methoxy groups -OCH3 is 1. The summed E-state index contributed by atoms with van der Waals surface area (Å²) in [5.41, 5.74) is -4.66. The molecule has 0 fully saturated rings. The van der Waals surface area contributed by atoms with Crippen LogP contribution in [0.5, 0.6) is 0 Å². The molecule has 0 bridgehead atoms. The molecule has 1 rings (SSSR count). The number of halogens is 17. The molecule has 2 unspecified atom stereocenters. The molecule has 1 aliphatic carbocycles. The first-order chi connectivity index (χ1) is 12.3. The van der Waals surface area contributed by atoms with Crippen molar-refractivity contribution in [2.24, 2.45) is 0 Å². The van der Waals surface area contributed by atoms with E-state index in [0.717, 1.165) is 0 Å². The van der Waals surface area contributed by atoms with Crippen LogP contribution < -0.4 is 0 Å². The third-order valence-electron chi connectivity index (χ3n) is 3.82. The summed E-state index contributed by atoms with van der Waals surface area (Å²) in [6, 6.07) is 0. The van der Waals surface area contributed by atoms with Gasteiger partial charge in [0.15, 0.2) is 5.83 Å². The Balaban J connectivity index is 4.21. The van der Waals surface area contributed by atoms with Crippen LogP contribution in [-0.4, -0.2) is 53.3 Å². The molecule has 0 saturated carbocycles. The molecule has 172 valence electrons. The average Bonchev–Trinajstić information content (AvgIpc) is 2.49. The Hall–Kier alpha value is -0.940. The standard InChI is InChI=1S/C11H3BrF16O/c1-29-6(18)2(4(14,15)8(19,20)11(26,27)28)3(13)5(16,17)7(12,9(6,21)22)10(23,24)25/h1H3. The summed E-state index contributed by atoms with van der Waals surface area (Å²) in [6.07, 6.45) is -14.6. The molecule has 0 amide bonds. The molecule has 1 nitrogen and oxygen atoms in total. The van der Waals surface area contributed by atoms with Gasteiger partial charge in [-0.3, -0.25) is 0 Å². The number of hydrogen-bond acceptors (Lipinski definition) is 1. The molecule has 29 heavy (non-hydrogen) atoms. The second-order valence-electron chi connectivity index (χ2n) is 5.44. The number of rotatable bonds is 3. The molecule has 0 aromatic carbocycles. The van der Waals surface area contributed by atoms with Crippen molar-refractivity contribution in [3.8, 4) is 0 Å². The van der Waals surface area contributed by atoms with Crippen molar-refractivity contribution in [1.82, 2.24) is 0 Å². The Morgan fingerprint density at radius 1 is 0.793 bits per heavy atom. The summed E-state index contributed by atoms with van der Waals surface area (Å²) in [5, 5.41) is 0. The van der Waals surface area contributed by atoms with Gasteiger partial charge in [-0.05, 0) is 0 Å². The van der Waals surface area contributed by atoms with Gasteiger partial charge in [0, 0.05) is 7.11 Å². The molecule has 0 N–H and O–H groups in total. The van der Waals surface area contributed by atoms with Gasteiger partial charge in [0.2, 0.25) is 0 Å². The summed E-state index contributed by atoms with van der Waals surface area (Å²) >= 11 is 0.627. The van der Waals surface area contributed by atoms with E-state index < -0.39 is 64.7 Å². The van der Waals surface area contributed by atoms with E-state index in [1.807, 2.05) is 0 Å². The third kappa shape index (κ3) is 2.79. The normalized spacial score (nSPS) is 31.2. The second-order valence-corrected chi connectivity index (χ2v) is 6.63. The van der Waals surface area contributed by atoms with Gasteiger partial charge in [0.25, 0.3) is 4.32 Å². The van der Waals surface area contributed by atoms with Crippen LogP contribution in [0.15, 0.2) is 11.4 Å². The van der Waals surface area contributed by atoms with E-state index in [1.54, 1.807) is 0 Å². The highest BCUT2D eigenvalue weighted by molar-refractivity contribution is 9.10. The van der Waals surface area contributed by atoms with E-state index in [2.05, 4.69) is 4.74 Å². The van der Waals surface area contributed by atoms with Gasteiger partial charge in [-0.1, -0.05) is 15.9 Å². The molecular weight excluding hydrogens is 532 g/mol. The summed E-state index contributed by atoms with van der Waals surface area (Å²) in [7, 11) is -0.587. The minimum Gasteiger partial charge on any atom is -0.341 e. The van der Waals surface area contributed by atoms with Crippen molar-refractivity contribution < 1.29 is 75.0 Å². The van der Waals surface area contributed by atoms with Gasteiger partial charge < -0.3 is 4.74 Å². The molecule has 0 radical (unpaired) electrons. The molecule has 2 atom stereocenters. The molecule has 0 aromatic heterocycles. The lowest BCUT2D eigenvalue weighted by atomic mass is 9.74. The SMILES string of the molecule is COC1(F)C(C(F)(F)C(F)(F)C(F)(F)F)=C(F)C(F)(F)C(Br)(C(F)(F)F)C1(F)F. The first-order valence-electron chi connectivity index (χ1n) is 6.33. The smallest absolute Gasteiger partial charge is 0.341 e. The van der Waals surface area contributed by atoms with Gasteiger partial charge in [-0.25, -0.2) is 4.39 Å². The summed E-state index contributed by atoms with van der Waals surface area (Å²) in [4.78, 5) is 0. The highest BCUT2D eigenvalue weighted by Crippen LogP contribution is 2.70. The maximum atomic E-state index is 14.5. The van der Waals surface area contributed by atoms with Crippen LogP contribution in [0.2, 0.25) is 0 Å². The topological polar surface area (TPSA) is 9.23 Å². The fourth-order valence-electron chi connectivity index (χ4n) is 2.29. The van der Waals surface area contributed by atoms with E-state index in [9.17, 15) is 70.2 Å². The Morgan fingerprint density at radius 3 is 1.45 bits per heavy atom. The number of hydrogen-bond donors (Lipinski definition) is 0. The predicted molar refractivity (Wildman–Crippen MR) is 62.5 cm³/mol. The number of ether oxygens (including phenoxy) is 1. The largest absolute Gasteiger partial charge is 0.460 e. The van der Waals surface area contributed by atoms with Gasteiger partial charge in [0.05, 0.1) is 0 Å². The monoisotopic (exact) mass is 534 g/mol. The van der Waals surface area contributed by atoms with Crippen LogP contribution in [0.1, 0.15) is 0 Å². The molecule has 0 heterocycles. The van der Waals surface area contributed by atoms with Crippen molar-refractivity contribution in [3.05, 3.63) is 11.4 Å². The molecule has 0 aliphatic heterocycles. The van der Waals surface area contributed by atoms with E-state index >= 15 is 0 Å². The van der Waals surface area contributed by atoms with Crippen LogP contribution >= 0.6 is 15.9 Å². The van der Waals surface area contributed by atoms with Gasteiger partial charge in [-0.2, -0.15) is 65.9 Å². The molecule has 1 aliphatic rings. The van der Waals surface area contributed by atoms with Crippen molar-refractivity contribution in [3.63, 3.8) is 0 Å². The van der Waals surface area contributed by atoms with Crippen LogP contribution in [-0.2, 0) is 4.74 Å². The van der Waals surface area contributed by atoms with Crippen LogP contribution in [0.3, 0.4) is 0 Å². The van der Waals surface area contributed by atoms with Crippen molar-refractivity contribution in [1.29, 1.82) is 0 Å². The zero-order chi connectivity index (χ0) is 23.9. The van der Waals surface area contributed by atoms with Crippen molar-refractivity contribution in [2.75, 3.05) is 7.11 Å².